The molecule has 0 saturated heterocycles. The number of carbonyl (C=O) groups excluding carboxylic acids is 1. The molecule has 1 aliphatic rings. The molecule has 0 bridgehead atoms. The third-order valence-corrected chi connectivity index (χ3v) is 4.83. The van der Waals surface area contributed by atoms with Crippen LogP contribution in [-0.2, 0) is 5.41 Å². The van der Waals surface area contributed by atoms with Crippen molar-refractivity contribution in [2.24, 2.45) is 0 Å². The van der Waals surface area contributed by atoms with Gasteiger partial charge in [0.05, 0.1) is 6.33 Å². The lowest BCUT2D eigenvalue weighted by atomic mass is 9.90. The zero-order chi connectivity index (χ0) is 16.7. The van der Waals surface area contributed by atoms with Gasteiger partial charge in [0.2, 0.25) is 0 Å². The van der Waals surface area contributed by atoms with E-state index in [1.807, 2.05) is 0 Å². The lowest BCUT2D eigenvalue weighted by Crippen LogP contribution is -2.33. The average Bonchev–Trinajstić information content (AvgIpc) is 3.19. The van der Waals surface area contributed by atoms with Crippen LogP contribution in [0.25, 0.3) is 11.2 Å². The van der Waals surface area contributed by atoms with E-state index in [4.69, 9.17) is 0 Å². The number of aromatic amines is 1. The molecule has 2 N–H and O–H groups in total. The van der Waals surface area contributed by atoms with E-state index in [1.54, 1.807) is 0 Å². The lowest BCUT2D eigenvalue weighted by molar-refractivity contribution is 0.0946. The monoisotopic (exact) mass is 321 g/mol. The number of rotatable bonds is 4. The number of aromatic nitrogens is 4. The van der Waals surface area contributed by atoms with Crippen molar-refractivity contribution >= 4 is 17.1 Å². The Bertz CT molecular complexity index is 926. The van der Waals surface area contributed by atoms with Crippen molar-refractivity contribution in [2.45, 2.75) is 32.1 Å². The van der Waals surface area contributed by atoms with Crippen molar-refractivity contribution in [3.8, 4) is 0 Å². The number of imidazole rings is 1. The zero-order valence-electron chi connectivity index (χ0n) is 13.8. The van der Waals surface area contributed by atoms with E-state index in [-0.39, 0.29) is 11.3 Å². The highest BCUT2D eigenvalue weighted by Gasteiger charge is 2.45. The molecule has 0 radical (unpaired) electrons. The van der Waals surface area contributed by atoms with Gasteiger partial charge in [-0.05, 0) is 37.8 Å². The number of amides is 1. The van der Waals surface area contributed by atoms with Crippen LogP contribution in [0, 0.1) is 13.8 Å². The van der Waals surface area contributed by atoms with Crippen LogP contribution in [0.3, 0.4) is 0 Å². The summed E-state index contributed by atoms with van der Waals surface area (Å²) in [6.07, 6.45) is 5.09. The van der Waals surface area contributed by atoms with Gasteiger partial charge in [0.15, 0.2) is 11.3 Å². The van der Waals surface area contributed by atoms with Crippen LogP contribution in [0.5, 0.6) is 0 Å². The number of nitrogens with zero attached hydrogens (tertiary/aromatic N) is 3. The summed E-state index contributed by atoms with van der Waals surface area (Å²) in [4.78, 5) is 27.7. The first kappa shape index (κ1) is 14.8. The van der Waals surface area contributed by atoms with E-state index in [1.165, 1.54) is 29.3 Å². The average molecular weight is 321 g/mol. The Morgan fingerprint density at radius 3 is 2.83 bits per heavy atom. The Hall–Kier alpha value is -2.76. The number of hydrogen-bond acceptors (Lipinski definition) is 4. The van der Waals surface area contributed by atoms with E-state index in [0.717, 1.165) is 12.8 Å². The summed E-state index contributed by atoms with van der Waals surface area (Å²) >= 11 is 0. The molecule has 1 saturated carbocycles. The highest BCUT2D eigenvalue weighted by molar-refractivity contribution is 6.01. The summed E-state index contributed by atoms with van der Waals surface area (Å²) in [5.74, 6) is -0.192. The number of fused-ring (bicyclic) bond motifs is 1. The summed E-state index contributed by atoms with van der Waals surface area (Å²) in [5, 5.41) is 3.05. The maximum Gasteiger partial charge on any atom is 0.272 e. The Labute approximate surface area is 139 Å². The standard InChI is InChI=1S/C18H19N5O/c1-11-3-4-13(12(2)7-11)18(5-6-18)8-19-17(24)15-14-16(22-9-20-14)23-10-21-15/h3-4,7,9-10H,5-6,8H2,1-2H3,(H,19,24)(H,20,21,22,23). The van der Waals surface area contributed by atoms with Crippen molar-refractivity contribution in [3.63, 3.8) is 0 Å². The molecule has 0 aliphatic heterocycles. The highest BCUT2D eigenvalue weighted by atomic mass is 16.1. The number of aryl methyl sites for hydroxylation is 2. The van der Waals surface area contributed by atoms with Gasteiger partial charge >= 0.3 is 0 Å². The van der Waals surface area contributed by atoms with Crippen LogP contribution in [-0.4, -0.2) is 32.4 Å². The number of hydrogen-bond donors (Lipinski definition) is 2. The third kappa shape index (κ3) is 2.44. The molecule has 3 aromatic rings. The molecule has 1 amide bonds. The van der Waals surface area contributed by atoms with Crippen molar-refractivity contribution in [1.29, 1.82) is 0 Å². The third-order valence-electron chi connectivity index (χ3n) is 4.83. The largest absolute Gasteiger partial charge is 0.350 e. The molecular formula is C18H19N5O. The smallest absolute Gasteiger partial charge is 0.272 e. The summed E-state index contributed by atoms with van der Waals surface area (Å²) in [5.41, 5.74) is 5.38. The van der Waals surface area contributed by atoms with Crippen LogP contribution >= 0.6 is 0 Å². The fourth-order valence-electron chi connectivity index (χ4n) is 3.37. The van der Waals surface area contributed by atoms with Gasteiger partial charge in [-0.1, -0.05) is 23.8 Å². The molecule has 1 aromatic carbocycles. The van der Waals surface area contributed by atoms with Crippen LogP contribution < -0.4 is 5.32 Å². The lowest BCUT2D eigenvalue weighted by Gasteiger charge is -2.19. The molecule has 1 fully saturated rings. The predicted octanol–water partition coefficient (Wildman–Crippen LogP) is 2.43. The van der Waals surface area contributed by atoms with Crippen molar-refractivity contribution < 1.29 is 4.79 Å². The minimum absolute atomic E-state index is 0.0631. The summed E-state index contributed by atoms with van der Waals surface area (Å²) in [7, 11) is 0. The minimum atomic E-state index is -0.192. The molecule has 1 aliphatic carbocycles. The summed E-state index contributed by atoms with van der Waals surface area (Å²) in [6, 6.07) is 6.54. The number of nitrogens with one attached hydrogen (secondary N) is 2. The van der Waals surface area contributed by atoms with Gasteiger partial charge in [0.25, 0.3) is 5.91 Å². The van der Waals surface area contributed by atoms with Crippen LogP contribution in [0.1, 0.15) is 40.0 Å². The number of H-pyrrole nitrogens is 1. The molecule has 2 aromatic heterocycles. The normalized spacial score (nSPS) is 15.4. The van der Waals surface area contributed by atoms with E-state index >= 15 is 0 Å². The molecule has 0 spiro atoms. The quantitative estimate of drug-likeness (QED) is 0.773. The molecule has 0 atom stereocenters. The summed E-state index contributed by atoms with van der Waals surface area (Å²) in [6.45, 7) is 4.86. The van der Waals surface area contributed by atoms with Gasteiger partial charge in [-0.3, -0.25) is 4.79 Å². The Kier molecular flexibility index (Phi) is 3.33. The highest BCUT2D eigenvalue weighted by Crippen LogP contribution is 2.48. The van der Waals surface area contributed by atoms with Crippen molar-refractivity contribution in [2.75, 3.05) is 6.54 Å². The molecule has 6 nitrogen and oxygen atoms in total. The summed E-state index contributed by atoms with van der Waals surface area (Å²) < 4.78 is 0. The SMILES string of the molecule is Cc1ccc(C2(CNC(=O)c3ncnc4nc[nH]c34)CC2)c(C)c1. The maximum atomic E-state index is 12.6. The van der Waals surface area contributed by atoms with Gasteiger partial charge in [-0.2, -0.15) is 0 Å². The molecule has 4 rings (SSSR count). The van der Waals surface area contributed by atoms with Crippen molar-refractivity contribution in [3.05, 3.63) is 53.2 Å². The molecule has 24 heavy (non-hydrogen) atoms. The van der Waals surface area contributed by atoms with Crippen LogP contribution in [0.15, 0.2) is 30.9 Å². The first-order chi connectivity index (χ1) is 11.6. The topological polar surface area (TPSA) is 83.6 Å². The first-order valence-electron chi connectivity index (χ1n) is 8.09. The molecular weight excluding hydrogens is 302 g/mol. The molecule has 0 unspecified atom stereocenters. The van der Waals surface area contributed by atoms with E-state index in [9.17, 15) is 4.79 Å². The second-order valence-electron chi connectivity index (χ2n) is 6.60. The van der Waals surface area contributed by atoms with Gasteiger partial charge in [-0.25, -0.2) is 15.0 Å². The van der Waals surface area contributed by atoms with Gasteiger partial charge in [0.1, 0.15) is 11.8 Å². The zero-order valence-corrected chi connectivity index (χ0v) is 13.8. The number of carbonyl (C=O) groups is 1. The molecule has 2 heterocycles. The van der Waals surface area contributed by atoms with Crippen LogP contribution in [0.4, 0.5) is 0 Å². The van der Waals surface area contributed by atoms with Crippen LogP contribution in [0.2, 0.25) is 0 Å². The van der Waals surface area contributed by atoms with E-state index in [2.05, 4.69) is 57.3 Å². The Balaban J connectivity index is 1.54. The fourth-order valence-corrected chi connectivity index (χ4v) is 3.37. The van der Waals surface area contributed by atoms with E-state index < -0.39 is 0 Å². The van der Waals surface area contributed by atoms with E-state index in [0.29, 0.717) is 23.4 Å². The Morgan fingerprint density at radius 1 is 1.25 bits per heavy atom. The number of benzene rings is 1. The maximum absolute atomic E-state index is 12.6. The first-order valence-corrected chi connectivity index (χ1v) is 8.09. The van der Waals surface area contributed by atoms with Gasteiger partial charge in [0, 0.05) is 12.0 Å². The second kappa shape index (κ2) is 5.40. The second-order valence-corrected chi connectivity index (χ2v) is 6.60. The fraction of sp³-hybridized carbons (Fsp3) is 0.333. The van der Waals surface area contributed by atoms with Gasteiger partial charge < -0.3 is 10.3 Å². The van der Waals surface area contributed by atoms with Crippen molar-refractivity contribution in [1.82, 2.24) is 25.3 Å². The predicted molar refractivity (Wildman–Crippen MR) is 90.8 cm³/mol. The molecule has 122 valence electrons. The molecule has 6 heteroatoms. The Morgan fingerprint density at radius 2 is 2.08 bits per heavy atom. The van der Waals surface area contributed by atoms with Gasteiger partial charge in [-0.15, -0.1) is 0 Å². The minimum Gasteiger partial charge on any atom is -0.350 e.